The van der Waals surface area contributed by atoms with Crippen LogP contribution >= 0.6 is 11.3 Å². The van der Waals surface area contributed by atoms with Crippen molar-refractivity contribution in [1.29, 1.82) is 0 Å². The Bertz CT molecular complexity index is 1130. The number of nitrogens with one attached hydrogen (secondary N) is 3. The molecular formula is C21H17N5O2S. The molecule has 0 bridgehead atoms. The Morgan fingerprint density at radius 2 is 1.55 bits per heavy atom. The molecule has 4 aromatic rings. The standard InChI is InChI=1S/C21H17N5O2S/c1-13-22-19(26-25-13)14-4-8-16(9-5-14)23-20(27)15-6-10-17(11-7-15)24-21(28)18-3-2-12-29-18/h2-12H,1H3,(H,23,27)(H,24,28)(H,22,25,26). The highest BCUT2D eigenvalue weighted by atomic mass is 32.1. The first-order valence-corrected chi connectivity index (χ1v) is 9.72. The second-order valence-electron chi connectivity index (χ2n) is 6.28. The van der Waals surface area contributed by atoms with Gasteiger partial charge in [0, 0.05) is 22.5 Å². The van der Waals surface area contributed by atoms with Gasteiger partial charge in [0.25, 0.3) is 11.8 Å². The smallest absolute Gasteiger partial charge is 0.265 e. The van der Waals surface area contributed by atoms with Gasteiger partial charge in [-0.2, -0.15) is 5.10 Å². The van der Waals surface area contributed by atoms with Crippen molar-refractivity contribution in [2.45, 2.75) is 6.92 Å². The third kappa shape index (κ3) is 4.39. The fourth-order valence-corrected chi connectivity index (χ4v) is 3.30. The number of benzene rings is 2. The van der Waals surface area contributed by atoms with Crippen molar-refractivity contribution in [3.05, 3.63) is 82.3 Å². The molecule has 0 spiro atoms. The van der Waals surface area contributed by atoms with Crippen LogP contribution in [0.15, 0.2) is 66.0 Å². The number of amides is 2. The minimum atomic E-state index is -0.234. The summed E-state index contributed by atoms with van der Waals surface area (Å²) < 4.78 is 0. The summed E-state index contributed by atoms with van der Waals surface area (Å²) in [5, 5.41) is 14.4. The van der Waals surface area contributed by atoms with Gasteiger partial charge >= 0.3 is 0 Å². The fourth-order valence-electron chi connectivity index (χ4n) is 2.68. The quantitative estimate of drug-likeness (QED) is 0.461. The van der Waals surface area contributed by atoms with Crippen molar-refractivity contribution < 1.29 is 9.59 Å². The van der Waals surface area contributed by atoms with E-state index in [0.717, 1.165) is 11.4 Å². The predicted molar refractivity (Wildman–Crippen MR) is 113 cm³/mol. The minimum absolute atomic E-state index is 0.168. The summed E-state index contributed by atoms with van der Waals surface area (Å²) in [6.07, 6.45) is 0. The van der Waals surface area contributed by atoms with Crippen LogP contribution in [0.5, 0.6) is 0 Å². The third-order valence-corrected chi connectivity index (χ3v) is 5.02. The molecule has 29 heavy (non-hydrogen) atoms. The first-order chi connectivity index (χ1) is 14.1. The molecule has 0 unspecified atom stereocenters. The molecule has 2 aromatic heterocycles. The maximum absolute atomic E-state index is 12.5. The molecule has 8 heteroatoms. The molecule has 2 aromatic carbocycles. The Hall–Kier alpha value is -3.78. The number of anilines is 2. The monoisotopic (exact) mass is 403 g/mol. The molecule has 7 nitrogen and oxygen atoms in total. The number of aromatic amines is 1. The van der Waals surface area contributed by atoms with E-state index in [1.165, 1.54) is 11.3 Å². The lowest BCUT2D eigenvalue weighted by molar-refractivity contribution is 0.102. The summed E-state index contributed by atoms with van der Waals surface area (Å²) in [5.41, 5.74) is 2.65. The van der Waals surface area contributed by atoms with E-state index >= 15 is 0 Å². The van der Waals surface area contributed by atoms with Crippen LogP contribution in [0.4, 0.5) is 11.4 Å². The molecule has 2 heterocycles. The van der Waals surface area contributed by atoms with Crippen molar-refractivity contribution >= 4 is 34.5 Å². The van der Waals surface area contributed by atoms with Gasteiger partial charge in [-0.3, -0.25) is 14.7 Å². The molecule has 0 radical (unpaired) electrons. The molecule has 0 saturated carbocycles. The zero-order valence-corrected chi connectivity index (χ0v) is 16.3. The van der Waals surface area contributed by atoms with Crippen LogP contribution in [0.1, 0.15) is 25.9 Å². The molecule has 0 aliphatic heterocycles. The summed E-state index contributed by atoms with van der Waals surface area (Å²) in [4.78, 5) is 29.5. The van der Waals surface area contributed by atoms with Gasteiger partial charge in [0.2, 0.25) is 0 Å². The number of thiophene rings is 1. The van der Waals surface area contributed by atoms with Crippen LogP contribution in [0.3, 0.4) is 0 Å². The van der Waals surface area contributed by atoms with Crippen molar-refractivity contribution in [3.63, 3.8) is 0 Å². The van der Waals surface area contributed by atoms with E-state index in [9.17, 15) is 9.59 Å². The normalized spacial score (nSPS) is 10.5. The van der Waals surface area contributed by atoms with Crippen molar-refractivity contribution in [1.82, 2.24) is 15.2 Å². The van der Waals surface area contributed by atoms with Crippen molar-refractivity contribution in [3.8, 4) is 11.4 Å². The Morgan fingerprint density at radius 1 is 0.897 bits per heavy atom. The molecule has 4 rings (SSSR count). The van der Waals surface area contributed by atoms with Crippen LogP contribution in [0.25, 0.3) is 11.4 Å². The molecular weight excluding hydrogens is 386 g/mol. The van der Waals surface area contributed by atoms with E-state index in [4.69, 9.17) is 0 Å². The molecule has 3 N–H and O–H groups in total. The summed E-state index contributed by atoms with van der Waals surface area (Å²) in [5.74, 6) is 0.953. The maximum atomic E-state index is 12.5. The Labute approximate surface area is 170 Å². The average Bonchev–Trinajstić information content (AvgIpc) is 3.41. The van der Waals surface area contributed by atoms with Gasteiger partial charge in [0.15, 0.2) is 5.82 Å². The van der Waals surface area contributed by atoms with Crippen LogP contribution in [0.2, 0.25) is 0 Å². The number of aromatic nitrogens is 3. The lowest BCUT2D eigenvalue weighted by atomic mass is 10.1. The molecule has 0 atom stereocenters. The maximum Gasteiger partial charge on any atom is 0.265 e. The summed E-state index contributed by atoms with van der Waals surface area (Å²) in [7, 11) is 0. The SMILES string of the molecule is Cc1nc(-c2ccc(NC(=O)c3ccc(NC(=O)c4cccs4)cc3)cc2)n[nH]1. The Morgan fingerprint density at radius 3 is 2.14 bits per heavy atom. The highest BCUT2D eigenvalue weighted by Gasteiger charge is 2.10. The average molecular weight is 403 g/mol. The summed E-state index contributed by atoms with van der Waals surface area (Å²) in [6.45, 7) is 1.84. The zero-order chi connectivity index (χ0) is 20.2. The number of hydrogen-bond acceptors (Lipinski definition) is 5. The van der Waals surface area contributed by atoms with E-state index in [0.29, 0.717) is 27.6 Å². The van der Waals surface area contributed by atoms with E-state index in [1.807, 2.05) is 30.5 Å². The first kappa shape index (κ1) is 18.6. The van der Waals surface area contributed by atoms with Gasteiger partial charge in [-0.05, 0) is 66.9 Å². The predicted octanol–water partition coefficient (Wildman–Crippen LogP) is 4.35. The second kappa shape index (κ2) is 8.07. The molecule has 0 aliphatic rings. The number of aryl methyl sites for hydroxylation is 1. The number of carbonyl (C=O) groups is 2. The number of nitrogens with zero attached hydrogens (tertiary/aromatic N) is 2. The van der Waals surface area contributed by atoms with Gasteiger partial charge in [-0.25, -0.2) is 4.98 Å². The van der Waals surface area contributed by atoms with Gasteiger partial charge < -0.3 is 10.6 Å². The topological polar surface area (TPSA) is 99.8 Å². The zero-order valence-electron chi connectivity index (χ0n) is 15.5. The van der Waals surface area contributed by atoms with E-state index in [2.05, 4.69) is 25.8 Å². The Kier molecular flexibility index (Phi) is 5.17. The van der Waals surface area contributed by atoms with Crippen LogP contribution in [-0.2, 0) is 0 Å². The highest BCUT2D eigenvalue weighted by Crippen LogP contribution is 2.19. The van der Waals surface area contributed by atoms with Crippen LogP contribution < -0.4 is 10.6 Å². The number of carbonyl (C=O) groups excluding carboxylic acids is 2. The van der Waals surface area contributed by atoms with Gasteiger partial charge in [-0.15, -0.1) is 11.3 Å². The molecule has 0 aliphatic carbocycles. The molecule has 2 amide bonds. The second-order valence-corrected chi connectivity index (χ2v) is 7.23. The van der Waals surface area contributed by atoms with Crippen LogP contribution in [0, 0.1) is 6.92 Å². The minimum Gasteiger partial charge on any atom is -0.322 e. The van der Waals surface area contributed by atoms with E-state index < -0.39 is 0 Å². The molecule has 0 fully saturated rings. The van der Waals surface area contributed by atoms with Gasteiger partial charge in [-0.1, -0.05) is 6.07 Å². The van der Waals surface area contributed by atoms with Gasteiger partial charge in [0.1, 0.15) is 5.82 Å². The summed E-state index contributed by atoms with van der Waals surface area (Å²) >= 11 is 1.37. The molecule has 0 saturated heterocycles. The van der Waals surface area contributed by atoms with E-state index in [-0.39, 0.29) is 11.8 Å². The van der Waals surface area contributed by atoms with Crippen molar-refractivity contribution in [2.24, 2.45) is 0 Å². The number of rotatable bonds is 5. The van der Waals surface area contributed by atoms with Crippen molar-refractivity contribution in [2.75, 3.05) is 10.6 Å². The summed E-state index contributed by atoms with van der Waals surface area (Å²) in [6, 6.07) is 17.6. The van der Waals surface area contributed by atoms with Gasteiger partial charge in [0.05, 0.1) is 4.88 Å². The number of H-pyrrole nitrogens is 1. The number of hydrogen-bond donors (Lipinski definition) is 3. The third-order valence-electron chi connectivity index (χ3n) is 4.15. The molecule has 144 valence electrons. The lowest BCUT2D eigenvalue weighted by Gasteiger charge is -2.07. The first-order valence-electron chi connectivity index (χ1n) is 8.84. The largest absolute Gasteiger partial charge is 0.322 e. The fraction of sp³-hybridized carbons (Fsp3) is 0.0476. The Balaban J connectivity index is 1.38. The lowest BCUT2D eigenvalue weighted by Crippen LogP contribution is -2.13. The van der Waals surface area contributed by atoms with Crippen LogP contribution in [-0.4, -0.2) is 27.0 Å². The highest BCUT2D eigenvalue weighted by molar-refractivity contribution is 7.12. The van der Waals surface area contributed by atoms with E-state index in [1.54, 1.807) is 42.5 Å².